The Bertz CT molecular complexity index is 1050. The van der Waals surface area contributed by atoms with Crippen molar-refractivity contribution in [3.63, 3.8) is 0 Å². The van der Waals surface area contributed by atoms with Crippen LogP contribution in [0.4, 0.5) is 8.78 Å². The van der Waals surface area contributed by atoms with Crippen molar-refractivity contribution in [1.82, 2.24) is 0 Å². The summed E-state index contributed by atoms with van der Waals surface area (Å²) >= 11 is 2.12. The van der Waals surface area contributed by atoms with Crippen molar-refractivity contribution in [2.24, 2.45) is 0 Å². The molecule has 0 bridgehead atoms. The van der Waals surface area contributed by atoms with Crippen LogP contribution in [0.3, 0.4) is 0 Å². The zero-order valence-corrected chi connectivity index (χ0v) is 16.7. The van der Waals surface area contributed by atoms with E-state index in [1.807, 2.05) is 62.4 Å². The molecule has 0 spiro atoms. The molecule has 28 heavy (non-hydrogen) atoms. The van der Waals surface area contributed by atoms with Crippen LogP contribution < -0.4 is 0 Å². The van der Waals surface area contributed by atoms with Crippen molar-refractivity contribution < 1.29 is 8.78 Å². The van der Waals surface area contributed by atoms with E-state index < -0.39 is 22.8 Å². The maximum Gasteiger partial charge on any atom is 0.157 e. The lowest BCUT2D eigenvalue weighted by Crippen LogP contribution is -2.02. The third-order valence-corrected chi connectivity index (χ3v) is 6.79. The molecule has 0 aliphatic rings. The zero-order chi connectivity index (χ0) is 20.3. The Morgan fingerprint density at radius 2 is 1.04 bits per heavy atom. The van der Waals surface area contributed by atoms with Gasteiger partial charge in [-0.15, -0.1) is 0 Å². The third-order valence-electron chi connectivity index (χ3n) is 4.13. The Morgan fingerprint density at radius 1 is 0.679 bits per heavy atom. The lowest BCUT2D eigenvalue weighted by Gasteiger charge is -2.15. The number of hydrogen-bond acceptors (Lipinski definition) is 4. The molecule has 0 fully saturated rings. The van der Waals surface area contributed by atoms with Gasteiger partial charge in [-0.3, -0.25) is 0 Å². The summed E-state index contributed by atoms with van der Waals surface area (Å²) in [6, 6.07) is 18.0. The monoisotopic (exact) mass is 408 g/mol. The molecule has 0 amide bonds. The van der Waals surface area contributed by atoms with Gasteiger partial charge in [0.1, 0.15) is 23.3 Å². The van der Waals surface area contributed by atoms with E-state index in [2.05, 4.69) is 0 Å². The number of rotatable bonds is 4. The normalized spacial score (nSPS) is 10.4. The predicted octanol–water partition coefficient (Wildman–Crippen LogP) is 6.63. The first-order valence-electron chi connectivity index (χ1n) is 8.30. The molecule has 0 aromatic heterocycles. The van der Waals surface area contributed by atoms with E-state index in [1.54, 1.807) is 12.1 Å². The van der Waals surface area contributed by atoms with Gasteiger partial charge in [0.05, 0.1) is 9.79 Å². The molecule has 3 rings (SSSR count). The Morgan fingerprint density at radius 3 is 1.36 bits per heavy atom. The quantitative estimate of drug-likeness (QED) is 0.486. The number of aryl methyl sites for hydroxylation is 2. The van der Waals surface area contributed by atoms with E-state index in [4.69, 9.17) is 0 Å². The second-order valence-corrected chi connectivity index (χ2v) is 8.10. The summed E-state index contributed by atoms with van der Waals surface area (Å²) in [6.07, 6.45) is 0. The number of hydrogen-bond donors (Lipinski definition) is 0. The minimum atomic E-state index is -0.871. The highest BCUT2D eigenvalue weighted by molar-refractivity contribution is 8.02. The lowest BCUT2D eigenvalue weighted by atomic mass is 10.1. The average molecular weight is 408 g/mol. The van der Waals surface area contributed by atoms with Gasteiger partial charge in [0.2, 0.25) is 0 Å². The van der Waals surface area contributed by atoms with Crippen LogP contribution in [0.15, 0.2) is 68.1 Å². The first-order chi connectivity index (χ1) is 13.5. The van der Waals surface area contributed by atoms with Crippen molar-refractivity contribution in [1.29, 1.82) is 10.5 Å². The molecule has 0 saturated heterocycles. The molecule has 0 N–H and O–H groups in total. The molecule has 0 aliphatic heterocycles. The standard InChI is InChI=1S/C22H14F2N2S2/c1-13-7-3-5-9-17(13)27-21-19(23)15(11-25)16(12-26)20(24)22(21)28-18-10-6-4-8-14(18)2/h3-10H,1-2H3. The highest BCUT2D eigenvalue weighted by Crippen LogP contribution is 2.45. The molecular weight excluding hydrogens is 394 g/mol. The van der Waals surface area contributed by atoms with Crippen molar-refractivity contribution in [3.8, 4) is 12.1 Å². The smallest absolute Gasteiger partial charge is 0.157 e. The third kappa shape index (κ3) is 3.75. The maximum absolute atomic E-state index is 15.2. The molecule has 0 saturated carbocycles. The second kappa shape index (κ2) is 8.48. The summed E-state index contributed by atoms with van der Waals surface area (Å²) in [7, 11) is 0. The molecule has 0 aliphatic carbocycles. The number of benzene rings is 3. The van der Waals surface area contributed by atoms with Crippen molar-refractivity contribution >= 4 is 23.5 Å². The van der Waals surface area contributed by atoms with E-state index in [1.165, 1.54) is 0 Å². The molecule has 0 radical (unpaired) electrons. The van der Waals surface area contributed by atoms with Crippen LogP contribution in [0, 0.1) is 48.1 Å². The van der Waals surface area contributed by atoms with E-state index in [0.717, 1.165) is 44.4 Å². The molecule has 3 aromatic rings. The van der Waals surface area contributed by atoms with Gasteiger partial charge in [-0.2, -0.15) is 10.5 Å². The van der Waals surface area contributed by atoms with E-state index in [9.17, 15) is 10.5 Å². The summed E-state index contributed by atoms with van der Waals surface area (Å²) in [5.41, 5.74) is 0.680. The van der Waals surface area contributed by atoms with Gasteiger partial charge < -0.3 is 0 Å². The fraction of sp³-hybridized carbons (Fsp3) is 0.0909. The molecule has 0 heterocycles. The molecule has 6 heteroatoms. The zero-order valence-electron chi connectivity index (χ0n) is 15.1. The van der Waals surface area contributed by atoms with E-state index in [0.29, 0.717) is 0 Å². The van der Waals surface area contributed by atoms with Gasteiger partial charge in [-0.1, -0.05) is 59.9 Å². The molecule has 3 aromatic carbocycles. The van der Waals surface area contributed by atoms with Gasteiger partial charge in [0.15, 0.2) is 11.6 Å². The van der Waals surface area contributed by atoms with Gasteiger partial charge in [-0.25, -0.2) is 8.78 Å². The Kier molecular flexibility index (Phi) is 6.04. The van der Waals surface area contributed by atoms with Crippen LogP contribution in [0.1, 0.15) is 22.3 Å². The Hall–Kier alpha value is -2.80. The molecule has 0 unspecified atom stereocenters. The van der Waals surface area contributed by atoms with Gasteiger partial charge in [-0.05, 0) is 37.1 Å². The van der Waals surface area contributed by atoms with Crippen LogP contribution in [0.2, 0.25) is 0 Å². The summed E-state index contributed by atoms with van der Waals surface area (Å²) < 4.78 is 30.4. The first-order valence-corrected chi connectivity index (χ1v) is 9.93. The van der Waals surface area contributed by atoms with Crippen molar-refractivity contribution in [2.75, 3.05) is 0 Å². The van der Waals surface area contributed by atoms with Crippen molar-refractivity contribution in [3.05, 3.63) is 82.4 Å². The largest absolute Gasteiger partial charge is 0.204 e. The number of halogens is 2. The topological polar surface area (TPSA) is 47.6 Å². The minimum absolute atomic E-state index is 0.00982. The molecule has 0 atom stereocenters. The fourth-order valence-corrected chi connectivity index (χ4v) is 4.79. The number of nitriles is 2. The van der Waals surface area contributed by atoms with E-state index in [-0.39, 0.29) is 9.79 Å². The molecule has 2 nitrogen and oxygen atoms in total. The molecular formula is C22H14F2N2S2. The van der Waals surface area contributed by atoms with Crippen LogP contribution in [0.25, 0.3) is 0 Å². The Labute approximate surface area is 170 Å². The van der Waals surface area contributed by atoms with Gasteiger partial charge >= 0.3 is 0 Å². The van der Waals surface area contributed by atoms with Gasteiger partial charge in [0, 0.05) is 9.79 Å². The Balaban J connectivity index is 2.25. The maximum atomic E-state index is 15.2. The minimum Gasteiger partial charge on any atom is -0.204 e. The highest BCUT2D eigenvalue weighted by Gasteiger charge is 2.26. The van der Waals surface area contributed by atoms with Crippen LogP contribution >= 0.6 is 23.5 Å². The van der Waals surface area contributed by atoms with E-state index >= 15 is 8.78 Å². The van der Waals surface area contributed by atoms with Crippen molar-refractivity contribution in [2.45, 2.75) is 33.4 Å². The number of nitrogens with zero attached hydrogens (tertiary/aromatic N) is 2. The lowest BCUT2D eigenvalue weighted by molar-refractivity contribution is 0.544. The average Bonchev–Trinajstić information content (AvgIpc) is 2.69. The summed E-state index contributed by atoms with van der Waals surface area (Å²) in [6.45, 7) is 3.75. The summed E-state index contributed by atoms with van der Waals surface area (Å²) in [5.74, 6) is -1.74. The van der Waals surface area contributed by atoms with Crippen LogP contribution in [-0.2, 0) is 0 Å². The molecule has 138 valence electrons. The summed E-state index contributed by atoms with van der Waals surface area (Å²) in [4.78, 5) is 1.52. The van der Waals surface area contributed by atoms with Crippen LogP contribution in [-0.4, -0.2) is 0 Å². The van der Waals surface area contributed by atoms with Gasteiger partial charge in [0.25, 0.3) is 0 Å². The summed E-state index contributed by atoms with van der Waals surface area (Å²) in [5, 5.41) is 18.6. The first kappa shape index (κ1) is 19.9. The SMILES string of the molecule is Cc1ccccc1Sc1c(F)c(C#N)c(C#N)c(F)c1Sc1ccccc1C. The second-order valence-electron chi connectivity index (χ2n) is 5.99. The predicted molar refractivity (Wildman–Crippen MR) is 106 cm³/mol. The fourth-order valence-electron chi connectivity index (χ4n) is 2.60. The van der Waals surface area contributed by atoms with Crippen LogP contribution in [0.5, 0.6) is 0 Å². The highest BCUT2D eigenvalue weighted by atomic mass is 32.2.